The van der Waals surface area contributed by atoms with Crippen molar-refractivity contribution in [3.8, 4) is 0 Å². The molecule has 23 heavy (non-hydrogen) atoms. The minimum atomic E-state index is -0.550. The molecule has 2 aromatic carbocycles. The van der Waals surface area contributed by atoms with Crippen LogP contribution in [0.5, 0.6) is 0 Å². The fourth-order valence-corrected chi connectivity index (χ4v) is 2.07. The summed E-state index contributed by atoms with van der Waals surface area (Å²) >= 11 is 0. The van der Waals surface area contributed by atoms with Gasteiger partial charge in [-0.15, -0.1) is 0 Å². The van der Waals surface area contributed by atoms with Crippen LogP contribution in [-0.2, 0) is 9.47 Å². The van der Waals surface area contributed by atoms with Gasteiger partial charge < -0.3 is 14.9 Å². The minimum absolute atomic E-state index is 0. The number of carbonyl (C=O) groups excluding carboxylic acids is 4. The van der Waals surface area contributed by atoms with Crippen LogP contribution in [0.3, 0.4) is 0 Å². The van der Waals surface area contributed by atoms with Crippen molar-refractivity contribution < 1.29 is 34.1 Å². The first-order valence-corrected chi connectivity index (χ1v) is 6.29. The summed E-state index contributed by atoms with van der Waals surface area (Å²) in [7, 11) is 0. The molecule has 2 heterocycles. The highest BCUT2D eigenvalue weighted by Gasteiger charge is 2.29. The largest absolute Gasteiger partial charge is 0.412 e. The molecule has 2 aliphatic heterocycles. The van der Waals surface area contributed by atoms with E-state index in [9.17, 15) is 19.2 Å². The van der Waals surface area contributed by atoms with Gasteiger partial charge in [-0.1, -0.05) is 24.3 Å². The van der Waals surface area contributed by atoms with Crippen molar-refractivity contribution in [2.24, 2.45) is 0 Å². The zero-order chi connectivity index (χ0) is 15.7. The Morgan fingerprint density at radius 1 is 0.478 bits per heavy atom. The number of benzene rings is 2. The number of hydrogen-bond donors (Lipinski definition) is 0. The van der Waals surface area contributed by atoms with E-state index in [4.69, 9.17) is 0 Å². The molecule has 0 amide bonds. The van der Waals surface area contributed by atoms with Crippen LogP contribution in [0.4, 0.5) is 0 Å². The summed E-state index contributed by atoms with van der Waals surface area (Å²) in [5.41, 5.74) is 1.44. The van der Waals surface area contributed by atoms with E-state index in [2.05, 4.69) is 9.47 Å². The monoisotopic (exact) mass is 314 g/mol. The second-order valence-corrected chi connectivity index (χ2v) is 4.45. The predicted molar refractivity (Wildman–Crippen MR) is 76.0 cm³/mol. The van der Waals surface area contributed by atoms with Crippen molar-refractivity contribution in [3.63, 3.8) is 0 Å². The first-order valence-electron chi connectivity index (χ1n) is 6.29. The maximum absolute atomic E-state index is 10.8. The van der Waals surface area contributed by atoms with Crippen LogP contribution in [-0.4, -0.2) is 29.4 Å². The van der Waals surface area contributed by atoms with Crippen molar-refractivity contribution in [1.29, 1.82) is 0 Å². The zero-order valence-corrected chi connectivity index (χ0v) is 11.6. The highest BCUT2D eigenvalue weighted by atomic mass is 16.6. The molecule has 116 valence electrons. The number of ether oxygens (including phenoxy) is 2. The molecule has 0 saturated heterocycles. The van der Waals surface area contributed by atoms with E-state index in [0.717, 1.165) is 0 Å². The number of esters is 4. The number of rotatable bonds is 0. The van der Waals surface area contributed by atoms with Crippen LogP contribution in [0.25, 0.3) is 0 Å². The molecule has 0 spiro atoms. The first-order chi connectivity index (χ1) is 10.6. The summed E-state index contributed by atoms with van der Waals surface area (Å²) in [6.45, 7) is 0. The highest BCUT2D eigenvalue weighted by Crippen LogP contribution is 2.19. The van der Waals surface area contributed by atoms with Gasteiger partial charge in [0.15, 0.2) is 0 Å². The number of cyclic esters (lactones) is 4. The molecular formula is C16H10O7. The Bertz CT molecular complexity index is 687. The van der Waals surface area contributed by atoms with Gasteiger partial charge in [0.05, 0.1) is 22.3 Å². The summed E-state index contributed by atoms with van der Waals surface area (Å²) in [4.78, 5) is 43.3. The third-order valence-corrected chi connectivity index (χ3v) is 3.10. The molecule has 0 atom stereocenters. The third kappa shape index (κ3) is 2.85. The molecular weight excluding hydrogens is 304 g/mol. The molecule has 0 unspecified atom stereocenters. The first kappa shape index (κ1) is 16.1. The molecule has 7 heteroatoms. The fraction of sp³-hybridized carbons (Fsp3) is 0. The van der Waals surface area contributed by atoms with E-state index >= 15 is 0 Å². The summed E-state index contributed by atoms with van der Waals surface area (Å²) < 4.78 is 8.71. The van der Waals surface area contributed by atoms with E-state index < -0.39 is 23.9 Å². The summed E-state index contributed by atoms with van der Waals surface area (Å²) in [6, 6.07) is 13.1. The molecule has 4 rings (SSSR count). The van der Waals surface area contributed by atoms with Gasteiger partial charge in [-0.2, -0.15) is 0 Å². The predicted octanol–water partition coefficient (Wildman–Crippen LogP) is 1.17. The molecule has 0 saturated carbocycles. The van der Waals surface area contributed by atoms with E-state index in [1.54, 1.807) is 48.5 Å². The normalized spacial score (nSPS) is 13.9. The van der Waals surface area contributed by atoms with Crippen molar-refractivity contribution >= 4 is 23.9 Å². The molecule has 2 aliphatic rings. The van der Waals surface area contributed by atoms with Crippen molar-refractivity contribution in [1.82, 2.24) is 0 Å². The minimum Gasteiger partial charge on any atom is -0.412 e. The Labute approximate surface area is 129 Å². The Morgan fingerprint density at radius 2 is 0.696 bits per heavy atom. The highest BCUT2D eigenvalue weighted by molar-refractivity contribution is 6.15. The van der Waals surface area contributed by atoms with E-state index in [-0.39, 0.29) is 5.48 Å². The fourth-order valence-electron chi connectivity index (χ4n) is 2.07. The standard InChI is InChI=1S/2C8H4O3.H2O/c2*9-7-5-3-1-2-4-6(5)8(10)11-7;/h2*1-4H;1H2. The third-order valence-electron chi connectivity index (χ3n) is 3.10. The molecule has 0 fully saturated rings. The van der Waals surface area contributed by atoms with Gasteiger partial charge in [-0.3, -0.25) is 0 Å². The van der Waals surface area contributed by atoms with Gasteiger partial charge in [0.2, 0.25) is 0 Å². The average Bonchev–Trinajstić information content (AvgIpc) is 2.99. The maximum atomic E-state index is 10.8. The summed E-state index contributed by atoms with van der Waals surface area (Å²) in [5, 5.41) is 0. The number of carbonyl (C=O) groups is 4. The van der Waals surface area contributed by atoms with E-state index in [0.29, 0.717) is 22.3 Å². The van der Waals surface area contributed by atoms with Gasteiger partial charge >= 0.3 is 23.9 Å². The molecule has 7 nitrogen and oxygen atoms in total. The number of fused-ring (bicyclic) bond motifs is 2. The van der Waals surface area contributed by atoms with Crippen molar-refractivity contribution in [2.45, 2.75) is 0 Å². The maximum Gasteiger partial charge on any atom is 0.346 e. The average molecular weight is 314 g/mol. The summed E-state index contributed by atoms with van der Waals surface area (Å²) in [5.74, 6) is -2.20. The second-order valence-electron chi connectivity index (χ2n) is 4.45. The Kier molecular flexibility index (Phi) is 4.33. The van der Waals surface area contributed by atoms with Crippen LogP contribution in [0.15, 0.2) is 48.5 Å². The molecule has 0 aliphatic carbocycles. The van der Waals surface area contributed by atoms with Crippen LogP contribution in [0.2, 0.25) is 0 Å². The Balaban J connectivity index is 0.000000160. The topological polar surface area (TPSA) is 118 Å². The molecule has 0 bridgehead atoms. The van der Waals surface area contributed by atoms with Gasteiger partial charge in [0, 0.05) is 0 Å². The SMILES string of the molecule is O.O=C1OC(=O)c2ccccc21.O=C1OC(=O)c2ccccc21. The lowest BCUT2D eigenvalue weighted by molar-refractivity contribution is 0.0425. The lowest BCUT2D eigenvalue weighted by Crippen LogP contribution is -1.96. The lowest BCUT2D eigenvalue weighted by atomic mass is 10.1. The number of hydrogen-bond acceptors (Lipinski definition) is 6. The van der Waals surface area contributed by atoms with Crippen LogP contribution in [0, 0.1) is 0 Å². The van der Waals surface area contributed by atoms with Crippen LogP contribution in [0.1, 0.15) is 41.4 Å². The van der Waals surface area contributed by atoms with E-state index in [1.165, 1.54) is 0 Å². The van der Waals surface area contributed by atoms with Gasteiger partial charge in [0.1, 0.15) is 0 Å². The molecule has 2 N–H and O–H groups in total. The molecule has 0 aromatic heterocycles. The van der Waals surface area contributed by atoms with Gasteiger partial charge in [0.25, 0.3) is 0 Å². The Morgan fingerprint density at radius 3 is 0.913 bits per heavy atom. The molecule has 0 radical (unpaired) electrons. The molecule has 2 aromatic rings. The smallest absolute Gasteiger partial charge is 0.346 e. The zero-order valence-electron chi connectivity index (χ0n) is 11.6. The van der Waals surface area contributed by atoms with Gasteiger partial charge in [-0.25, -0.2) is 19.2 Å². The quantitative estimate of drug-likeness (QED) is 0.532. The van der Waals surface area contributed by atoms with Crippen LogP contribution < -0.4 is 0 Å². The van der Waals surface area contributed by atoms with Crippen molar-refractivity contribution in [2.75, 3.05) is 0 Å². The second kappa shape index (κ2) is 6.20. The lowest BCUT2D eigenvalue weighted by Gasteiger charge is -1.86. The van der Waals surface area contributed by atoms with E-state index in [1.807, 2.05) is 0 Å². The van der Waals surface area contributed by atoms with Crippen LogP contribution >= 0.6 is 0 Å². The summed E-state index contributed by atoms with van der Waals surface area (Å²) in [6.07, 6.45) is 0. The van der Waals surface area contributed by atoms with Crippen molar-refractivity contribution in [3.05, 3.63) is 70.8 Å². The Hall–Kier alpha value is -3.32. The van der Waals surface area contributed by atoms with Gasteiger partial charge in [-0.05, 0) is 24.3 Å².